The Hall–Kier alpha value is -2.61. The van der Waals surface area contributed by atoms with Gasteiger partial charge in [-0.15, -0.1) is 5.10 Å². The number of carbonyl (C=O) groups excluding carboxylic acids is 1. The van der Waals surface area contributed by atoms with Crippen molar-refractivity contribution in [3.8, 4) is 5.75 Å². The molecule has 1 saturated heterocycles. The first-order valence-corrected chi connectivity index (χ1v) is 9.00. The van der Waals surface area contributed by atoms with Gasteiger partial charge in [0, 0.05) is 25.7 Å². The average molecular weight is 358 g/mol. The van der Waals surface area contributed by atoms with E-state index in [9.17, 15) is 4.79 Å². The smallest absolute Gasteiger partial charge is 0.273 e. The second-order valence-corrected chi connectivity index (χ2v) is 6.44. The summed E-state index contributed by atoms with van der Waals surface area (Å²) >= 11 is 0. The number of aryl methyl sites for hydroxylation is 1. The molecule has 1 aromatic heterocycles. The number of nitrogens with one attached hydrogen (secondary N) is 1. The zero-order valence-corrected chi connectivity index (χ0v) is 15.1. The number of para-hydroxylation sites is 2. The fourth-order valence-electron chi connectivity index (χ4n) is 3.23. The van der Waals surface area contributed by atoms with E-state index >= 15 is 0 Å². The highest BCUT2D eigenvalue weighted by atomic mass is 16.5. The molecule has 1 aliphatic rings. The van der Waals surface area contributed by atoms with E-state index in [-0.39, 0.29) is 11.9 Å². The molecule has 1 unspecified atom stereocenters. The summed E-state index contributed by atoms with van der Waals surface area (Å²) in [5.74, 6) is 0.665. The van der Waals surface area contributed by atoms with Crippen molar-refractivity contribution in [2.24, 2.45) is 5.73 Å². The maximum absolute atomic E-state index is 12.5. The highest BCUT2D eigenvalue weighted by molar-refractivity contribution is 5.92. The molecule has 0 aliphatic carbocycles. The molecular weight excluding hydrogens is 332 g/mol. The minimum absolute atomic E-state index is 0.0651. The number of anilines is 1. The van der Waals surface area contributed by atoms with Gasteiger partial charge in [0.15, 0.2) is 5.69 Å². The molecule has 1 aliphatic heterocycles. The van der Waals surface area contributed by atoms with Crippen LogP contribution in [0, 0.1) is 0 Å². The number of hydrogen-bond acceptors (Lipinski definition) is 6. The molecule has 0 bridgehead atoms. The summed E-state index contributed by atoms with van der Waals surface area (Å²) < 4.78 is 7.12. The highest BCUT2D eigenvalue weighted by Crippen LogP contribution is 2.29. The number of nitrogens with two attached hydrogens (primary N) is 1. The van der Waals surface area contributed by atoms with E-state index in [0.29, 0.717) is 18.8 Å². The van der Waals surface area contributed by atoms with Crippen LogP contribution in [0.4, 0.5) is 5.69 Å². The zero-order chi connectivity index (χ0) is 18.4. The van der Waals surface area contributed by atoms with Gasteiger partial charge in [-0.2, -0.15) is 0 Å². The minimum atomic E-state index is -0.184. The van der Waals surface area contributed by atoms with E-state index in [0.717, 1.165) is 43.8 Å². The predicted octanol–water partition coefficient (Wildman–Crippen LogP) is 1.03. The monoisotopic (exact) mass is 358 g/mol. The van der Waals surface area contributed by atoms with Crippen LogP contribution >= 0.6 is 0 Å². The van der Waals surface area contributed by atoms with Gasteiger partial charge in [0.05, 0.1) is 19.0 Å². The first-order valence-electron chi connectivity index (χ1n) is 9.00. The standard InChI is InChI=1S/C18H26N6O2/c1-26-17-8-3-2-7-16(17)23-10-4-6-14(12-23)20-18(25)15-13-24(22-21-15)11-5-9-19/h2-3,7-8,13-14H,4-6,9-12,19H2,1H3,(H,20,25). The number of aromatic nitrogens is 3. The zero-order valence-electron chi connectivity index (χ0n) is 15.1. The third-order valence-electron chi connectivity index (χ3n) is 4.55. The molecular formula is C18H26N6O2. The molecule has 140 valence electrons. The van der Waals surface area contributed by atoms with Gasteiger partial charge >= 0.3 is 0 Å². The van der Waals surface area contributed by atoms with E-state index in [1.54, 1.807) is 18.0 Å². The lowest BCUT2D eigenvalue weighted by molar-refractivity contribution is 0.0928. The summed E-state index contributed by atoms with van der Waals surface area (Å²) in [6.07, 6.45) is 4.43. The highest BCUT2D eigenvalue weighted by Gasteiger charge is 2.24. The Morgan fingerprint density at radius 2 is 2.27 bits per heavy atom. The Kier molecular flexibility index (Phi) is 6.06. The van der Waals surface area contributed by atoms with Crippen LogP contribution in [0.15, 0.2) is 30.5 Å². The van der Waals surface area contributed by atoms with E-state index in [4.69, 9.17) is 10.5 Å². The van der Waals surface area contributed by atoms with Gasteiger partial charge in [0.25, 0.3) is 5.91 Å². The Morgan fingerprint density at radius 1 is 1.42 bits per heavy atom. The van der Waals surface area contributed by atoms with Gasteiger partial charge in [-0.05, 0) is 37.9 Å². The molecule has 2 heterocycles. The molecule has 2 aromatic rings. The maximum Gasteiger partial charge on any atom is 0.273 e. The maximum atomic E-state index is 12.5. The predicted molar refractivity (Wildman–Crippen MR) is 99.4 cm³/mol. The molecule has 0 spiro atoms. The summed E-state index contributed by atoms with van der Waals surface area (Å²) in [5.41, 5.74) is 6.89. The Labute approximate surface area is 153 Å². The van der Waals surface area contributed by atoms with E-state index in [2.05, 4.69) is 20.5 Å². The van der Waals surface area contributed by atoms with Crippen molar-refractivity contribution in [3.63, 3.8) is 0 Å². The van der Waals surface area contributed by atoms with Crippen molar-refractivity contribution in [1.29, 1.82) is 0 Å². The molecule has 0 radical (unpaired) electrons. The van der Waals surface area contributed by atoms with Crippen LogP contribution in [-0.2, 0) is 6.54 Å². The number of amides is 1. The Balaban J connectivity index is 1.61. The average Bonchev–Trinajstić information content (AvgIpc) is 3.15. The number of rotatable bonds is 7. The fourth-order valence-corrected chi connectivity index (χ4v) is 3.23. The molecule has 1 aromatic carbocycles. The normalized spacial score (nSPS) is 17.2. The van der Waals surface area contributed by atoms with Gasteiger partial charge in [0.2, 0.25) is 0 Å². The molecule has 1 atom stereocenters. The van der Waals surface area contributed by atoms with Crippen LogP contribution in [0.25, 0.3) is 0 Å². The lowest BCUT2D eigenvalue weighted by atomic mass is 10.0. The first-order chi connectivity index (χ1) is 12.7. The quantitative estimate of drug-likeness (QED) is 0.767. The van der Waals surface area contributed by atoms with Crippen LogP contribution in [0.2, 0.25) is 0 Å². The third kappa shape index (κ3) is 4.32. The molecule has 8 nitrogen and oxygen atoms in total. The van der Waals surface area contributed by atoms with Gasteiger partial charge < -0.3 is 20.7 Å². The van der Waals surface area contributed by atoms with Crippen molar-refractivity contribution < 1.29 is 9.53 Å². The van der Waals surface area contributed by atoms with Crippen molar-refractivity contribution in [2.75, 3.05) is 31.6 Å². The van der Waals surface area contributed by atoms with Gasteiger partial charge in [-0.25, -0.2) is 0 Å². The summed E-state index contributed by atoms with van der Waals surface area (Å²) in [6, 6.07) is 8.03. The Morgan fingerprint density at radius 3 is 3.08 bits per heavy atom. The Bertz CT molecular complexity index is 732. The van der Waals surface area contributed by atoms with Gasteiger partial charge in [-0.3, -0.25) is 9.48 Å². The largest absolute Gasteiger partial charge is 0.495 e. The fraction of sp³-hybridized carbons (Fsp3) is 0.500. The number of methoxy groups -OCH3 is 1. The minimum Gasteiger partial charge on any atom is -0.495 e. The van der Waals surface area contributed by atoms with Gasteiger partial charge in [-0.1, -0.05) is 17.3 Å². The molecule has 26 heavy (non-hydrogen) atoms. The van der Waals surface area contributed by atoms with Crippen molar-refractivity contribution in [3.05, 3.63) is 36.2 Å². The second kappa shape index (κ2) is 8.66. The summed E-state index contributed by atoms with van der Waals surface area (Å²) in [7, 11) is 1.68. The number of nitrogens with zero attached hydrogens (tertiary/aromatic N) is 4. The van der Waals surface area contributed by atoms with Gasteiger partial charge in [0.1, 0.15) is 5.75 Å². The number of piperidine rings is 1. The van der Waals surface area contributed by atoms with Crippen LogP contribution in [0.3, 0.4) is 0 Å². The molecule has 3 rings (SSSR count). The molecule has 8 heteroatoms. The second-order valence-electron chi connectivity index (χ2n) is 6.44. The number of hydrogen-bond donors (Lipinski definition) is 2. The number of ether oxygens (including phenoxy) is 1. The summed E-state index contributed by atoms with van der Waals surface area (Å²) in [4.78, 5) is 14.7. The van der Waals surface area contributed by atoms with Crippen LogP contribution in [0.5, 0.6) is 5.75 Å². The SMILES string of the molecule is COc1ccccc1N1CCCC(NC(=O)c2cn(CCCN)nn2)C1. The van der Waals surface area contributed by atoms with Crippen molar-refractivity contribution in [2.45, 2.75) is 31.8 Å². The molecule has 1 amide bonds. The molecule has 1 fully saturated rings. The lowest BCUT2D eigenvalue weighted by Gasteiger charge is -2.35. The van der Waals surface area contributed by atoms with E-state index < -0.39 is 0 Å². The first kappa shape index (κ1) is 18.2. The number of benzene rings is 1. The summed E-state index contributed by atoms with van der Waals surface area (Å²) in [5, 5.41) is 11.0. The van der Waals surface area contributed by atoms with Crippen LogP contribution in [-0.4, -0.2) is 53.7 Å². The number of carbonyl (C=O) groups is 1. The molecule has 0 saturated carbocycles. The third-order valence-corrected chi connectivity index (χ3v) is 4.55. The van der Waals surface area contributed by atoms with E-state index in [1.807, 2.05) is 24.3 Å². The van der Waals surface area contributed by atoms with Crippen LogP contribution in [0.1, 0.15) is 29.8 Å². The lowest BCUT2D eigenvalue weighted by Crippen LogP contribution is -2.48. The summed E-state index contributed by atoms with van der Waals surface area (Å²) in [6.45, 7) is 2.94. The van der Waals surface area contributed by atoms with Crippen molar-refractivity contribution >= 4 is 11.6 Å². The topological polar surface area (TPSA) is 98.3 Å². The molecule has 3 N–H and O–H groups in total. The van der Waals surface area contributed by atoms with E-state index in [1.165, 1.54) is 0 Å². The van der Waals surface area contributed by atoms with Crippen molar-refractivity contribution in [1.82, 2.24) is 20.3 Å². The van der Waals surface area contributed by atoms with Crippen LogP contribution < -0.4 is 20.7 Å².